The van der Waals surface area contributed by atoms with E-state index in [0.29, 0.717) is 22.6 Å². The van der Waals surface area contributed by atoms with Gasteiger partial charge in [-0.15, -0.1) is 0 Å². The molecule has 2 aromatic carbocycles. The molecule has 3 rings (SSSR count). The number of nitrogens with zero attached hydrogens (tertiary/aromatic N) is 3. The van der Waals surface area contributed by atoms with E-state index >= 15 is 0 Å². The van der Waals surface area contributed by atoms with Crippen molar-refractivity contribution in [3.8, 4) is 0 Å². The summed E-state index contributed by atoms with van der Waals surface area (Å²) in [7, 11) is 0.341. The summed E-state index contributed by atoms with van der Waals surface area (Å²) < 4.78 is 54.6. The minimum atomic E-state index is -4.67. The van der Waals surface area contributed by atoms with Crippen molar-refractivity contribution in [3.63, 3.8) is 0 Å². The van der Waals surface area contributed by atoms with Gasteiger partial charge in [-0.3, -0.25) is 9.10 Å². The fourth-order valence-corrected chi connectivity index (χ4v) is 3.87. The first-order valence-electron chi connectivity index (χ1n) is 10.9. The lowest BCUT2D eigenvalue weighted by molar-refractivity contribution is -0.137. The number of carbonyl (C=O) groups is 1. The Morgan fingerprint density at radius 1 is 1.14 bits per heavy atom. The predicted molar refractivity (Wildman–Crippen MR) is 137 cm³/mol. The molecule has 0 aliphatic heterocycles. The molecular formula is C24H27F3N6O2S. The Morgan fingerprint density at radius 3 is 2.47 bits per heavy atom. The van der Waals surface area contributed by atoms with Gasteiger partial charge in [0.05, 0.1) is 5.69 Å². The number of aromatic nitrogens is 2. The van der Waals surface area contributed by atoms with Crippen LogP contribution in [-0.2, 0) is 28.5 Å². The number of amides is 1. The first kappa shape index (κ1) is 26.9. The molecule has 0 aliphatic carbocycles. The van der Waals surface area contributed by atoms with Gasteiger partial charge in [0, 0.05) is 44.3 Å². The Kier molecular flexibility index (Phi) is 8.18. The molecule has 8 nitrogen and oxygen atoms in total. The van der Waals surface area contributed by atoms with Crippen molar-refractivity contribution in [1.82, 2.24) is 9.97 Å². The average Bonchev–Trinajstić information content (AvgIpc) is 2.78. The Labute approximate surface area is 209 Å². The number of halogens is 3. The number of nitrogens with one attached hydrogen (secondary N) is 3. The van der Waals surface area contributed by atoms with Crippen LogP contribution in [0, 0.1) is 13.8 Å². The van der Waals surface area contributed by atoms with E-state index in [-0.39, 0.29) is 18.4 Å². The third kappa shape index (κ3) is 6.72. The SMILES string of the molecule is CC(=O)Nc1ccc(Nc2ncc(C(F)(F)F)c(NCc3ccc(C)cc3N(C)S(C)=O)n2)cc1C. The van der Waals surface area contributed by atoms with E-state index in [1.54, 1.807) is 42.5 Å². The lowest BCUT2D eigenvalue weighted by Gasteiger charge is -2.21. The van der Waals surface area contributed by atoms with E-state index in [1.165, 1.54) is 13.2 Å². The summed E-state index contributed by atoms with van der Waals surface area (Å²) in [6, 6.07) is 10.5. The molecule has 36 heavy (non-hydrogen) atoms. The van der Waals surface area contributed by atoms with E-state index in [2.05, 4.69) is 25.9 Å². The highest BCUT2D eigenvalue weighted by atomic mass is 32.2. The molecule has 12 heteroatoms. The highest BCUT2D eigenvalue weighted by molar-refractivity contribution is 7.85. The average molecular weight is 521 g/mol. The van der Waals surface area contributed by atoms with E-state index in [1.807, 2.05) is 19.1 Å². The first-order chi connectivity index (χ1) is 16.8. The maximum absolute atomic E-state index is 13.7. The second kappa shape index (κ2) is 10.9. The Balaban J connectivity index is 1.90. The van der Waals surface area contributed by atoms with Crippen LogP contribution in [0.15, 0.2) is 42.6 Å². The van der Waals surface area contributed by atoms with E-state index < -0.39 is 28.5 Å². The highest BCUT2D eigenvalue weighted by Crippen LogP contribution is 2.35. The minimum Gasteiger partial charge on any atom is -0.365 e. The van der Waals surface area contributed by atoms with Crippen LogP contribution in [0.25, 0.3) is 0 Å². The second-order valence-corrected chi connectivity index (χ2v) is 9.59. The zero-order valence-electron chi connectivity index (χ0n) is 20.4. The molecule has 1 amide bonds. The van der Waals surface area contributed by atoms with Crippen LogP contribution in [0.4, 0.5) is 42.0 Å². The zero-order chi connectivity index (χ0) is 26.6. The second-order valence-electron chi connectivity index (χ2n) is 8.20. The number of hydrogen-bond acceptors (Lipinski definition) is 6. The monoisotopic (exact) mass is 520 g/mol. The van der Waals surface area contributed by atoms with Gasteiger partial charge >= 0.3 is 6.18 Å². The molecule has 1 aromatic heterocycles. The van der Waals surface area contributed by atoms with Gasteiger partial charge in [-0.05, 0) is 54.8 Å². The number of aryl methyl sites for hydroxylation is 2. The minimum absolute atomic E-state index is 0.0151. The summed E-state index contributed by atoms with van der Waals surface area (Å²) in [6.07, 6.45) is -2.43. The first-order valence-corrected chi connectivity index (χ1v) is 12.4. The van der Waals surface area contributed by atoms with Gasteiger partial charge in [0.25, 0.3) is 0 Å². The number of alkyl halides is 3. The number of hydrogen-bond donors (Lipinski definition) is 3. The summed E-state index contributed by atoms with van der Waals surface area (Å²) in [4.78, 5) is 19.2. The molecule has 1 heterocycles. The molecule has 1 atom stereocenters. The molecule has 1 unspecified atom stereocenters. The topological polar surface area (TPSA) is 99.2 Å². The maximum Gasteiger partial charge on any atom is 0.421 e. The highest BCUT2D eigenvalue weighted by Gasteiger charge is 2.35. The molecule has 3 aromatic rings. The number of rotatable bonds is 8. The van der Waals surface area contributed by atoms with E-state index in [9.17, 15) is 22.2 Å². The summed E-state index contributed by atoms with van der Waals surface area (Å²) in [5, 5.41) is 8.37. The van der Waals surface area contributed by atoms with Crippen LogP contribution in [0.2, 0.25) is 0 Å². The summed E-state index contributed by atoms with van der Waals surface area (Å²) in [6.45, 7) is 5.08. The quantitative estimate of drug-likeness (QED) is 0.380. The molecular weight excluding hydrogens is 493 g/mol. The largest absolute Gasteiger partial charge is 0.421 e. The Hall–Kier alpha value is -3.67. The summed E-state index contributed by atoms with van der Waals surface area (Å²) in [5.41, 5.74) is 3.13. The molecule has 0 aliphatic rings. The van der Waals surface area contributed by atoms with Gasteiger partial charge in [0.15, 0.2) is 0 Å². The van der Waals surface area contributed by atoms with Crippen molar-refractivity contribution in [1.29, 1.82) is 0 Å². The van der Waals surface area contributed by atoms with Crippen LogP contribution in [0.5, 0.6) is 0 Å². The van der Waals surface area contributed by atoms with Crippen LogP contribution >= 0.6 is 0 Å². The number of carbonyl (C=O) groups excluding carboxylic acids is 1. The molecule has 0 fully saturated rings. The van der Waals surface area contributed by atoms with Crippen molar-refractivity contribution in [2.75, 3.05) is 33.6 Å². The van der Waals surface area contributed by atoms with Crippen LogP contribution in [-0.4, -0.2) is 33.4 Å². The Bertz CT molecular complexity index is 1300. The maximum atomic E-state index is 13.7. The van der Waals surface area contributed by atoms with Crippen molar-refractivity contribution >= 4 is 45.7 Å². The fourth-order valence-electron chi connectivity index (χ4n) is 3.42. The molecule has 192 valence electrons. The number of anilines is 5. The molecule has 0 bridgehead atoms. The van der Waals surface area contributed by atoms with Gasteiger partial charge < -0.3 is 16.0 Å². The van der Waals surface area contributed by atoms with Crippen molar-refractivity contribution < 1.29 is 22.2 Å². The Morgan fingerprint density at radius 2 is 1.86 bits per heavy atom. The van der Waals surface area contributed by atoms with E-state index in [0.717, 1.165) is 17.3 Å². The van der Waals surface area contributed by atoms with E-state index in [4.69, 9.17) is 0 Å². The van der Waals surface area contributed by atoms with Gasteiger partial charge in [-0.2, -0.15) is 18.2 Å². The molecule has 3 N–H and O–H groups in total. The molecule has 0 saturated carbocycles. The summed E-state index contributed by atoms with van der Waals surface area (Å²) in [5.74, 6) is -0.639. The van der Waals surface area contributed by atoms with Gasteiger partial charge in [0.1, 0.15) is 22.4 Å². The van der Waals surface area contributed by atoms with Crippen molar-refractivity contribution in [3.05, 3.63) is 64.8 Å². The molecule has 0 saturated heterocycles. The van der Waals surface area contributed by atoms with Crippen LogP contribution < -0.4 is 20.3 Å². The zero-order valence-corrected chi connectivity index (χ0v) is 21.3. The van der Waals surface area contributed by atoms with Crippen LogP contribution in [0.1, 0.15) is 29.2 Å². The third-order valence-corrected chi connectivity index (χ3v) is 6.27. The standard InChI is InChI=1S/C24H27F3N6O2S/c1-14-6-7-17(21(10-14)33(4)36(5)35)12-28-22-19(24(25,26)27)13-29-23(32-22)31-18-8-9-20(15(2)11-18)30-16(3)34/h6-11,13H,12H2,1-5H3,(H,30,34)(H2,28,29,31,32). The smallest absolute Gasteiger partial charge is 0.365 e. The fraction of sp³-hybridized carbons (Fsp3) is 0.292. The van der Waals surface area contributed by atoms with Gasteiger partial charge in [0.2, 0.25) is 11.9 Å². The normalized spacial score (nSPS) is 12.1. The lowest BCUT2D eigenvalue weighted by atomic mass is 10.1. The third-order valence-electron chi connectivity index (χ3n) is 5.30. The summed E-state index contributed by atoms with van der Waals surface area (Å²) >= 11 is 0. The predicted octanol–water partition coefficient (Wildman–Crippen LogP) is 5.16. The molecule has 0 spiro atoms. The van der Waals surface area contributed by atoms with Crippen LogP contribution in [0.3, 0.4) is 0 Å². The van der Waals surface area contributed by atoms with Gasteiger partial charge in [-0.25, -0.2) is 9.19 Å². The van der Waals surface area contributed by atoms with Gasteiger partial charge in [-0.1, -0.05) is 12.1 Å². The van der Waals surface area contributed by atoms with Crippen molar-refractivity contribution in [2.24, 2.45) is 0 Å². The number of benzene rings is 2. The lowest BCUT2D eigenvalue weighted by Crippen LogP contribution is -2.21. The van der Waals surface area contributed by atoms with Crippen molar-refractivity contribution in [2.45, 2.75) is 33.5 Å². The molecule has 0 radical (unpaired) electrons.